The van der Waals surface area contributed by atoms with E-state index in [2.05, 4.69) is 50.9 Å². The monoisotopic (exact) mass is 942 g/mol. The number of carbonyl (C=O) groups is 2. The van der Waals surface area contributed by atoms with Gasteiger partial charge in [-0.1, -0.05) is 24.2 Å². The van der Waals surface area contributed by atoms with Gasteiger partial charge in [-0.15, -0.1) is 0 Å². The number of nitrogens with zero attached hydrogens (tertiary/aromatic N) is 8. The quantitative estimate of drug-likeness (QED) is 0.0567. The number of nitrogens with one attached hydrogen (secondary N) is 2. The molecule has 6 rings (SSSR count). The van der Waals surface area contributed by atoms with Crippen molar-refractivity contribution in [3.63, 3.8) is 0 Å². The van der Waals surface area contributed by atoms with Crippen molar-refractivity contribution in [2.75, 3.05) is 52.7 Å². The lowest BCUT2D eigenvalue weighted by Gasteiger charge is -2.16. The topological polar surface area (TPSA) is 305 Å². The van der Waals surface area contributed by atoms with Gasteiger partial charge in [-0.05, 0) is 113 Å². The maximum Gasteiger partial charge on any atom is 0.317 e. The summed E-state index contributed by atoms with van der Waals surface area (Å²) in [6.45, 7) is 14.9. The normalized spacial score (nSPS) is 11.8. The van der Waals surface area contributed by atoms with Crippen molar-refractivity contribution in [1.29, 1.82) is 0 Å². The van der Waals surface area contributed by atoms with Crippen molar-refractivity contribution in [3.8, 4) is 69.5 Å². The minimum atomic E-state index is -0.920. The molecule has 364 valence electrons. The van der Waals surface area contributed by atoms with E-state index < -0.39 is 37.2 Å². The minimum Gasteiger partial charge on any atom is -0.490 e. The van der Waals surface area contributed by atoms with Gasteiger partial charge in [0.15, 0.2) is 0 Å². The van der Waals surface area contributed by atoms with Gasteiger partial charge in [0.1, 0.15) is 61.5 Å². The van der Waals surface area contributed by atoms with Crippen molar-refractivity contribution in [2.24, 2.45) is 0 Å². The minimum absolute atomic E-state index is 0.0189. The largest absolute Gasteiger partial charge is 0.490 e. The number of aliphatic hydroxyl groups excluding tert-OH is 4. The zero-order valence-corrected chi connectivity index (χ0v) is 39.3. The number of carbonyl (C=O) groups excluding carboxylic acids is 2. The number of aromatic nitrogens is 8. The summed E-state index contributed by atoms with van der Waals surface area (Å²) in [6, 6.07) is 11.5. The summed E-state index contributed by atoms with van der Waals surface area (Å²) in [7, 11) is 0. The molecular formula is C46H58N10O12. The fraction of sp³-hybridized carbons (Fsp3) is 0.435. The average Bonchev–Trinajstić information content (AvgIpc) is 4.02. The van der Waals surface area contributed by atoms with Crippen LogP contribution in [0.4, 0.5) is 0 Å². The van der Waals surface area contributed by atoms with Crippen LogP contribution >= 0.6 is 0 Å². The summed E-state index contributed by atoms with van der Waals surface area (Å²) < 4.78 is 33.5. The smallest absolute Gasteiger partial charge is 0.317 e. The van der Waals surface area contributed by atoms with Crippen LogP contribution in [0.3, 0.4) is 0 Å². The Bertz CT molecular complexity index is 2400. The number of hydrogen-bond acceptors (Lipinski definition) is 20. The third-order valence-electron chi connectivity index (χ3n) is 9.46. The molecule has 6 aromatic rings. The SMILES string of the molecule is CCCOc1nc(C)cc(-c2nc(-c3cc(C)c(OCC(O)CNC(=O)CO)c(C)c3)no2)n1.CCCOc1nc(C)cc(-c2nc(-c3cc(C)c(OCC(O)CNC(=O)CO)c(C)c3)no2)n1. The Morgan fingerprint density at radius 2 is 0.926 bits per heavy atom. The summed E-state index contributed by atoms with van der Waals surface area (Å²) in [5.74, 6) is 1.41. The molecular weight excluding hydrogens is 885 g/mol. The zero-order chi connectivity index (χ0) is 49.3. The molecule has 4 heterocycles. The highest BCUT2D eigenvalue weighted by Crippen LogP contribution is 2.32. The van der Waals surface area contributed by atoms with E-state index >= 15 is 0 Å². The van der Waals surface area contributed by atoms with Gasteiger partial charge < -0.3 is 59.1 Å². The zero-order valence-electron chi connectivity index (χ0n) is 39.3. The first-order valence-electron chi connectivity index (χ1n) is 21.9. The van der Waals surface area contributed by atoms with Gasteiger partial charge in [-0.2, -0.15) is 19.9 Å². The van der Waals surface area contributed by atoms with Gasteiger partial charge in [0.05, 0.1) is 13.2 Å². The summed E-state index contributed by atoms with van der Waals surface area (Å²) in [6.07, 6.45) is -0.156. The van der Waals surface area contributed by atoms with Gasteiger partial charge in [-0.25, -0.2) is 9.97 Å². The van der Waals surface area contributed by atoms with E-state index in [1.165, 1.54) is 0 Å². The average molecular weight is 943 g/mol. The van der Waals surface area contributed by atoms with E-state index in [0.29, 0.717) is 47.7 Å². The molecule has 2 atom stereocenters. The van der Waals surface area contributed by atoms with Crippen LogP contribution in [0.1, 0.15) is 60.3 Å². The Hall–Kier alpha value is -7.14. The molecule has 0 aliphatic carbocycles. The number of hydrogen-bond donors (Lipinski definition) is 6. The Morgan fingerprint density at radius 3 is 1.26 bits per heavy atom. The van der Waals surface area contributed by atoms with E-state index in [4.69, 9.17) is 38.2 Å². The molecule has 68 heavy (non-hydrogen) atoms. The molecule has 2 unspecified atom stereocenters. The summed E-state index contributed by atoms with van der Waals surface area (Å²) in [5.41, 5.74) is 7.16. The summed E-state index contributed by atoms with van der Waals surface area (Å²) in [4.78, 5) is 48.4. The van der Waals surface area contributed by atoms with E-state index in [9.17, 15) is 19.8 Å². The number of ether oxygens (including phenoxy) is 4. The third kappa shape index (κ3) is 14.9. The molecule has 0 aliphatic rings. The van der Waals surface area contributed by atoms with E-state index in [1.54, 1.807) is 12.1 Å². The summed E-state index contributed by atoms with van der Waals surface area (Å²) in [5, 5.41) is 50.4. The molecule has 2 aromatic carbocycles. The molecule has 6 N–H and O–H groups in total. The first-order valence-corrected chi connectivity index (χ1v) is 21.9. The maximum absolute atomic E-state index is 11.1. The van der Waals surface area contributed by atoms with E-state index in [-0.39, 0.29) is 50.1 Å². The molecule has 0 saturated carbocycles. The lowest BCUT2D eigenvalue weighted by Crippen LogP contribution is -2.36. The van der Waals surface area contributed by atoms with Crippen molar-refractivity contribution in [3.05, 3.63) is 70.0 Å². The van der Waals surface area contributed by atoms with Crippen LogP contribution < -0.4 is 29.6 Å². The van der Waals surface area contributed by atoms with Gasteiger partial charge in [-0.3, -0.25) is 9.59 Å². The van der Waals surface area contributed by atoms with Crippen LogP contribution in [0.2, 0.25) is 0 Å². The predicted molar refractivity (Wildman–Crippen MR) is 245 cm³/mol. The molecule has 0 fully saturated rings. The number of amides is 2. The Balaban J connectivity index is 0.000000254. The maximum atomic E-state index is 11.1. The molecule has 0 spiro atoms. The number of rotatable bonds is 22. The van der Waals surface area contributed by atoms with Crippen LogP contribution in [0.15, 0.2) is 45.4 Å². The van der Waals surface area contributed by atoms with Crippen molar-refractivity contribution < 1.29 is 58.0 Å². The van der Waals surface area contributed by atoms with Crippen LogP contribution in [-0.2, 0) is 9.59 Å². The second kappa shape index (κ2) is 25.1. The molecule has 2 amide bonds. The van der Waals surface area contributed by atoms with Gasteiger partial charge in [0, 0.05) is 35.6 Å². The molecule has 22 heteroatoms. The van der Waals surface area contributed by atoms with Gasteiger partial charge >= 0.3 is 12.0 Å². The fourth-order valence-electron chi connectivity index (χ4n) is 6.37. The molecule has 0 radical (unpaired) electrons. The first-order chi connectivity index (χ1) is 32.6. The third-order valence-corrected chi connectivity index (χ3v) is 9.46. The van der Waals surface area contributed by atoms with Crippen LogP contribution in [0, 0.1) is 41.5 Å². The number of aryl methyl sites for hydroxylation is 6. The Morgan fingerprint density at radius 1 is 0.559 bits per heavy atom. The predicted octanol–water partition coefficient (Wildman–Crippen LogP) is 3.51. The van der Waals surface area contributed by atoms with Crippen LogP contribution in [0.25, 0.3) is 45.9 Å². The molecule has 0 aliphatic heterocycles. The van der Waals surface area contributed by atoms with E-state index in [0.717, 1.165) is 57.6 Å². The van der Waals surface area contributed by atoms with Crippen molar-refractivity contribution in [1.82, 2.24) is 50.9 Å². The first kappa shape index (κ1) is 51.8. The fourth-order valence-corrected chi connectivity index (χ4v) is 6.37. The van der Waals surface area contributed by atoms with Gasteiger partial charge in [0.25, 0.3) is 11.8 Å². The van der Waals surface area contributed by atoms with E-state index in [1.807, 2.05) is 79.7 Å². The lowest BCUT2D eigenvalue weighted by molar-refractivity contribution is -0.125. The highest BCUT2D eigenvalue weighted by atomic mass is 16.5. The standard InChI is InChI=1S/2C23H29N5O6/c2*1-5-6-32-23-25-15(4)9-18(26-23)22-27-21(28-34-22)16-7-13(2)20(14(3)8-16)33-12-17(30)10-24-19(31)11-29/h2*7-9,17,29-30H,5-6,10-12H2,1-4H3,(H,24,31). The van der Waals surface area contributed by atoms with Crippen LogP contribution in [-0.4, -0.2) is 137 Å². The highest BCUT2D eigenvalue weighted by Gasteiger charge is 2.20. The number of benzene rings is 2. The number of aliphatic hydroxyl groups is 4. The highest BCUT2D eigenvalue weighted by molar-refractivity contribution is 5.77. The molecule has 0 saturated heterocycles. The molecule has 22 nitrogen and oxygen atoms in total. The van der Waals surface area contributed by atoms with Crippen LogP contribution in [0.5, 0.6) is 23.5 Å². The second-order valence-electron chi connectivity index (χ2n) is 15.6. The molecule has 4 aromatic heterocycles. The molecule has 0 bridgehead atoms. The van der Waals surface area contributed by atoms with Gasteiger partial charge in [0.2, 0.25) is 23.5 Å². The van der Waals surface area contributed by atoms with Crippen molar-refractivity contribution >= 4 is 11.8 Å². The Kier molecular flexibility index (Phi) is 19.2. The summed E-state index contributed by atoms with van der Waals surface area (Å²) >= 11 is 0. The van der Waals surface area contributed by atoms with Crippen molar-refractivity contribution in [2.45, 2.75) is 80.4 Å². The lowest BCUT2D eigenvalue weighted by atomic mass is 10.1. The second-order valence-corrected chi connectivity index (χ2v) is 15.6. The Labute approximate surface area is 392 Å².